The van der Waals surface area contributed by atoms with Crippen molar-refractivity contribution in [2.45, 2.75) is 0 Å². The number of rotatable bonds is 5. The SMILES string of the molecule is COc1ccc(/C=N/NC(=O)c2ccc(Cl)cc2)cc1OC. The number of amides is 1. The Balaban J connectivity index is 2.03. The molecule has 0 unspecified atom stereocenters. The van der Waals surface area contributed by atoms with E-state index in [1.165, 1.54) is 6.21 Å². The van der Waals surface area contributed by atoms with Gasteiger partial charge in [0.15, 0.2) is 11.5 Å². The van der Waals surface area contributed by atoms with E-state index in [0.717, 1.165) is 5.56 Å². The number of benzene rings is 2. The fraction of sp³-hybridized carbons (Fsp3) is 0.125. The molecule has 1 amide bonds. The minimum atomic E-state index is -0.312. The van der Waals surface area contributed by atoms with Gasteiger partial charge in [-0.15, -0.1) is 0 Å². The Kier molecular flexibility index (Phi) is 5.38. The van der Waals surface area contributed by atoms with Crippen LogP contribution in [0.2, 0.25) is 5.02 Å². The van der Waals surface area contributed by atoms with Crippen LogP contribution in [0.25, 0.3) is 0 Å². The molecule has 0 radical (unpaired) electrons. The largest absolute Gasteiger partial charge is 0.493 e. The monoisotopic (exact) mass is 318 g/mol. The Morgan fingerprint density at radius 3 is 2.41 bits per heavy atom. The number of hydrogen-bond acceptors (Lipinski definition) is 4. The van der Waals surface area contributed by atoms with Crippen LogP contribution in [-0.4, -0.2) is 26.3 Å². The molecule has 0 spiro atoms. The van der Waals surface area contributed by atoms with Gasteiger partial charge in [-0.05, 0) is 48.0 Å². The van der Waals surface area contributed by atoms with E-state index in [0.29, 0.717) is 22.1 Å². The highest BCUT2D eigenvalue weighted by molar-refractivity contribution is 6.30. The molecule has 0 aliphatic rings. The van der Waals surface area contributed by atoms with Crippen molar-refractivity contribution < 1.29 is 14.3 Å². The van der Waals surface area contributed by atoms with E-state index >= 15 is 0 Å². The Bertz CT molecular complexity index is 684. The number of carbonyl (C=O) groups is 1. The Hall–Kier alpha value is -2.53. The predicted molar refractivity (Wildman–Crippen MR) is 86.1 cm³/mol. The molecule has 2 rings (SSSR count). The van der Waals surface area contributed by atoms with Gasteiger partial charge in [0.2, 0.25) is 0 Å². The first kappa shape index (κ1) is 15.9. The van der Waals surface area contributed by atoms with Crippen LogP contribution >= 0.6 is 11.6 Å². The number of ether oxygens (including phenoxy) is 2. The summed E-state index contributed by atoms with van der Waals surface area (Å²) in [7, 11) is 3.12. The zero-order chi connectivity index (χ0) is 15.9. The summed E-state index contributed by atoms with van der Waals surface area (Å²) in [6.45, 7) is 0. The molecule has 0 aliphatic heterocycles. The van der Waals surface area contributed by atoms with Crippen molar-refractivity contribution in [2.75, 3.05) is 14.2 Å². The number of nitrogens with zero attached hydrogens (tertiary/aromatic N) is 1. The van der Waals surface area contributed by atoms with E-state index in [4.69, 9.17) is 21.1 Å². The minimum Gasteiger partial charge on any atom is -0.493 e. The van der Waals surface area contributed by atoms with Crippen LogP contribution in [0.3, 0.4) is 0 Å². The fourth-order valence-electron chi connectivity index (χ4n) is 1.76. The maximum atomic E-state index is 11.9. The number of methoxy groups -OCH3 is 2. The van der Waals surface area contributed by atoms with Crippen LogP contribution in [0.4, 0.5) is 0 Å². The molecule has 6 heteroatoms. The van der Waals surface area contributed by atoms with Crippen LogP contribution in [0.15, 0.2) is 47.6 Å². The average Bonchev–Trinajstić information content (AvgIpc) is 2.55. The summed E-state index contributed by atoms with van der Waals surface area (Å²) in [5.74, 6) is 0.911. The van der Waals surface area contributed by atoms with E-state index in [-0.39, 0.29) is 5.91 Å². The Morgan fingerprint density at radius 1 is 1.09 bits per heavy atom. The van der Waals surface area contributed by atoms with Crippen molar-refractivity contribution in [3.63, 3.8) is 0 Å². The third kappa shape index (κ3) is 3.99. The highest BCUT2D eigenvalue weighted by Crippen LogP contribution is 2.26. The normalized spacial score (nSPS) is 10.5. The lowest BCUT2D eigenvalue weighted by molar-refractivity contribution is 0.0955. The molecule has 0 aliphatic carbocycles. The number of hydrazone groups is 1. The maximum absolute atomic E-state index is 11.9. The summed E-state index contributed by atoms with van der Waals surface area (Å²) in [6.07, 6.45) is 1.52. The van der Waals surface area contributed by atoms with Gasteiger partial charge in [0.05, 0.1) is 20.4 Å². The zero-order valence-electron chi connectivity index (χ0n) is 12.2. The van der Waals surface area contributed by atoms with Gasteiger partial charge in [0.1, 0.15) is 0 Å². The van der Waals surface area contributed by atoms with Gasteiger partial charge in [-0.1, -0.05) is 11.6 Å². The van der Waals surface area contributed by atoms with E-state index in [1.807, 2.05) is 0 Å². The van der Waals surface area contributed by atoms with E-state index < -0.39 is 0 Å². The molecule has 114 valence electrons. The summed E-state index contributed by atoms with van der Waals surface area (Å²) < 4.78 is 10.3. The average molecular weight is 319 g/mol. The predicted octanol–water partition coefficient (Wildman–Crippen LogP) is 3.12. The molecular formula is C16H15ClN2O3. The van der Waals surface area contributed by atoms with Crippen molar-refractivity contribution in [1.29, 1.82) is 0 Å². The molecule has 1 N–H and O–H groups in total. The standard InChI is InChI=1S/C16H15ClN2O3/c1-21-14-8-3-11(9-15(14)22-2)10-18-19-16(20)12-4-6-13(17)7-5-12/h3-10H,1-2H3,(H,19,20)/b18-10+. The Morgan fingerprint density at radius 2 is 1.77 bits per heavy atom. The minimum absolute atomic E-state index is 0.312. The molecule has 0 heterocycles. The molecule has 22 heavy (non-hydrogen) atoms. The quantitative estimate of drug-likeness (QED) is 0.680. The van der Waals surface area contributed by atoms with Crippen LogP contribution in [0, 0.1) is 0 Å². The third-order valence-electron chi connectivity index (χ3n) is 2.89. The van der Waals surface area contributed by atoms with Crippen molar-refractivity contribution in [2.24, 2.45) is 5.10 Å². The molecule has 5 nitrogen and oxygen atoms in total. The second-order valence-corrected chi connectivity index (χ2v) is 4.76. The fourth-order valence-corrected chi connectivity index (χ4v) is 1.89. The van der Waals surface area contributed by atoms with Crippen molar-refractivity contribution in [3.8, 4) is 11.5 Å². The van der Waals surface area contributed by atoms with Gasteiger partial charge in [-0.2, -0.15) is 5.10 Å². The van der Waals surface area contributed by atoms with Gasteiger partial charge in [-0.3, -0.25) is 4.79 Å². The van der Waals surface area contributed by atoms with Crippen LogP contribution in [0.5, 0.6) is 11.5 Å². The molecule has 0 aromatic heterocycles. The van der Waals surface area contributed by atoms with E-state index in [9.17, 15) is 4.79 Å². The van der Waals surface area contributed by atoms with Crippen molar-refractivity contribution in [3.05, 3.63) is 58.6 Å². The molecular weight excluding hydrogens is 304 g/mol. The van der Waals surface area contributed by atoms with Gasteiger partial charge in [0.25, 0.3) is 5.91 Å². The highest BCUT2D eigenvalue weighted by Gasteiger charge is 2.04. The van der Waals surface area contributed by atoms with Crippen LogP contribution < -0.4 is 14.9 Å². The second-order valence-electron chi connectivity index (χ2n) is 4.32. The number of halogens is 1. The molecule has 0 saturated carbocycles. The molecule has 0 fully saturated rings. The first-order valence-electron chi connectivity index (χ1n) is 6.45. The maximum Gasteiger partial charge on any atom is 0.271 e. The number of nitrogens with one attached hydrogen (secondary N) is 1. The van der Waals surface area contributed by atoms with Gasteiger partial charge in [0, 0.05) is 10.6 Å². The second kappa shape index (κ2) is 7.47. The zero-order valence-corrected chi connectivity index (χ0v) is 12.9. The van der Waals surface area contributed by atoms with Gasteiger partial charge < -0.3 is 9.47 Å². The van der Waals surface area contributed by atoms with Crippen molar-refractivity contribution in [1.82, 2.24) is 5.43 Å². The molecule has 0 saturated heterocycles. The first-order valence-corrected chi connectivity index (χ1v) is 6.83. The molecule has 2 aromatic rings. The lowest BCUT2D eigenvalue weighted by Gasteiger charge is -2.07. The first-order chi connectivity index (χ1) is 10.6. The molecule has 0 atom stereocenters. The van der Waals surface area contributed by atoms with Crippen LogP contribution in [-0.2, 0) is 0 Å². The third-order valence-corrected chi connectivity index (χ3v) is 3.15. The summed E-state index contributed by atoms with van der Waals surface area (Å²) in [5.41, 5.74) is 3.70. The number of hydrogen-bond donors (Lipinski definition) is 1. The van der Waals surface area contributed by atoms with Gasteiger partial charge >= 0.3 is 0 Å². The molecule has 2 aromatic carbocycles. The summed E-state index contributed by atoms with van der Waals surface area (Å²) in [5, 5.41) is 4.49. The van der Waals surface area contributed by atoms with E-state index in [1.54, 1.807) is 56.7 Å². The summed E-state index contributed by atoms with van der Waals surface area (Å²) in [6, 6.07) is 11.9. The summed E-state index contributed by atoms with van der Waals surface area (Å²) in [4.78, 5) is 11.9. The van der Waals surface area contributed by atoms with E-state index in [2.05, 4.69) is 10.5 Å². The van der Waals surface area contributed by atoms with Crippen molar-refractivity contribution >= 4 is 23.7 Å². The molecule has 0 bridgehead atoms. The van der Waals surface area contributed by atoms with Gasteiger partial charge in [-0.25, -0.2) is 5.43 Å². The lowest BCUT2D eigenvalue weighted by atomic mass is 10.2. The number of carbonyl (C=O) groups excluding carboxylic acids is 1. The lowest BCUT2D eigenvalue weighted by Crippen LogP contribution is -2.17. The smallest absolute Gasteiger partial charge is 0.271 e. The topological polar surface area (TPSA) is 59.9 Å². The Labute approximate surface area is 133 Å². The summed E-state index contributed by atoms with van der Waals surface area (Å²) >= 11 is 5.77. The van der Waals surface area contributed by atoms with Crippen LogP contribution in [0.1, 0.15) is 15.9 Å². The highest BCUT2D eigenvalue weighted by atomic mass is 35.5.